The van der Waals surface area contributed by atoms with Crippen LogP contribution in [0, 0.1) is 6.92 Å². The van der Waals surface area contributed by atoms with E-state index in [4.69, 9.17) is 0 Å². The predicted octanol–water partition coefficient (Wildman–Crippen LogP) is 2.61. The van der Waals surface area contributed by atoms with Crippen LogP contribution in [0.15, 0.2) is 42.7 Å². The van der Waals surface area contributed by atoms with E-state index in [0.717, 1.165) is 11.1 Å². The lowest BCUT2D eigenvalue weighted by Gasteiger charge is -1.99. The van der Waals surface area contributed by atoms with Crippen LogP contribution in [0.2, 0.25) is 0 Å². The van der Waals surface area contributed by atoms with E-state index in [-0.39, 0.29) is 5.78 Å². The summed E-state index contributed by atoms with van der Waals surface area (Å²) in [4.78, 5) is 18.8. The van der Waals surface area contributed by atoms with Crippen molar-refractivity contribution < 1.29 is 4.79 Å². The minimum atomic E-state index is -0.00509. The van der Waals surface area contributed by atoms with Crippen LogP contribution in [0.1, 0.15) is 21.7 Å². The number of nitrogens with one attached hydrogen (secondary N) is 1. The molecule has 3 nitrogen and oxygen atoms in total. The smallest absolute Gasteiger partial charge is 0.186 e. The van der Waals surface area contributed by atoms with Gasteiger partial charge in [-0.05, 0) is 24.6 Å². The fourth-order valence-corrected chi connectivity index (χ4v) is 1.46. The molecule has 3 heteroatoms. The van der Waals surface area contributed by atoms with Crippen molar-refractivity contribution in [3.05, 3.63) is 59.7 Å². The van der Waals surface area contributed by atoms with E-state index in [2.05, 4.69) is 9.97 Å². The molecule has 80 valence electrons. The van der Waals surface area contributed by atoms with Crippen molar-refractivity contribution in [1.82, 2.24) is 9.97 Å². The Kier molecular flexibility index (Phi) is 2.96. The van der Waals surface area contributed by atoms with E-state index in [1.165, 1.54) is 6.08 Å². The van der Waals surface area contributed by atoms with Crippen LogP contribution in [0.4, 0.5) is 0 Å². The van der Waals surface area contributed by atoms with E-state index in [1.54, 1.807) is 18.5 Å². The molecule has 0 fully saturated rings. The van der Waals surface area contributed by atoms with Gasteiger partial charge in [-0.25, -0.2) is 4.98 Å². The van der Waals surface area contributed by atoms with Crippen molar-refractivity contribution in [1.29, 1.82) is 0 Å². The topological polar surface area (TPSA) is 45.8 Å². The number of hydrogen-bond acceptors (Lipinski definition) is 2. The van der Waals surface area contributed by atoms with Gasteiger partial charge in [0.05, 0.1) is 0 Å². The molecule has 16 heavy (non-hydrogen) atoms. The Balaban J connectivity index is 2.18. The molecule has 0 unspecified atom stereocenters. The molecule has 1 N–H and O–H groups in total. The number of aromatic nitrogens is 2. The average Bonchev–Trinajstić information content (AvgIpc) is 2.79. The summed E-state index contributed by atoms with van der Waals surface area (Å²) < 4.78 is 0. The highest BCUT2D eigenvalue weighted by molar-refractivity contribution is 6.07. The van der Waals surface area contributed by atoms with E-state index in [1.807, 2.05) is 31.2 Å². The number of hydrogen-bond donors (Lipinski definition) is 1. The van der Waals surface area contributed by atoms with Gasteiger partial charge in [-0.1, -0.05) is 24.3 Å². The Morgan fingerprint density at radius 2 is 2.19 bits per heavy atom. The van der Waals surface area contributed by atoms with Crippen LogP contribution >= 0.6 is 0 Å². The maximum Gasteiger partial charge on any atom is 0.186 e. The molecule has 0 atom stereocenters. The average molecular weight is 212 g/mol. The minimum Gasteiger partial charge on any atom is -0.345 e. The number of aryl methyl sites for hydroxylation is 1. The second-order valence-corrected chi connectivity index (χ2v) is 3.49. The fraction of sp³-hybridized carbons (Fsp3) is 0.0769. The summed E-state index contributed by atoms with van der Waals surface area (Å²) in [5.74, 6) is 0.677. The van der Waals surface area contributed by atoms with E-state index < -0.39 is 0 Å². The zero-order valence-corrected chi connectivity index (χ0v) is 8.97. The largest absolute Gasteiger partial charge is 0.345 e. The lowest BCUT2D eigenvalue weighted by atomic mass is 10.0. The highest BCUT2D eigenvalue weighted by Crippen LogP contribution is 2.09. The van der Waals surface area contributed by atoms with Crippen molar-refractivity contribution in [3.63, 3.8) is 0 Å². The number of aromatic amines is 1. The summed E-state index contributed by atoms with van der Waals surface area (Å²) in [7, 11) is 0. The predicted molar refractivity (Wildman–Crippen MR) is 63.1 cm³/mol. The van der Waals surface area contributed by atoms with Gasteiger partial charge in [0.25, 0.3) is 0 Å². The number of H-pyrrole nitrogens is 1. The van der Waals surface area contributed by atoms with E-state index >= 15 is 0 Å². The number of benzene rings is 1. The second-order valence-electron chi connectivity index (χ2n) is 3.49. The lowest BCUT2D eigenvalue weighted by Crippen LogP contribution is -1.97. The summed E-state index contributed by atoms with van der Waals surface area (Å²) >= 11 is 0. The zero-order chi connectivity index (χ0) is 11.4. The van der Waals surface area contributed by atoms with Crippen LogP contribution in [0.3, 0.4) is 0 Å². The normalized spacial score (nSPS) is 10.8. The Morgan fingerprint density at radius 1 is 1.38 bits per heavy atom. The molecule has 1 heterocycles. The van der Waals surface area contributed by atoms with Gasteiger partial charge in [-0.2, -0.15) is 0 Å². The number of carbonyl (C=O) groups is 1. The number of imidazole rings is 1. The van der Waals surface area contributed by atoms with Gasteiger partial charge >= 0.3 is 0 Å². The van der Waals surface area contributed by atoms with Crippen molar-refractivity contribution in [2.45, 2.75) is 6.92 Å². The first kappa shape index (κ1) is 10.4. The van der Waals surface area contributed by atoms with Crippen molar-refractivity contribution >= 4 is 11.9 Å². The van der Waals surface area contributed by atoms with Crippen LogP contribution in [-0.2, 0) is 0 Å². The van der Waals surface area contributed by atoms with Gasteiger partial charge < -0.3 is 4.98 Å². The number of rotatable bonds is 3. The fourth-order valence-electron chi connectivity index (χ4n) is 1.46. The van der Waals surface area contributed by atoms with Crippen molar-refractivity contribution in [2.24, 2.45) is 0 Å². The molecule has 0 aliphatic rings. The number of carbonyl (C=O) groups excluding carboxylic acids is 1. The molecule has 2 rings (SSSR count). The highest BCUT2D eigenvalue weighted by atomic mass is 16.1. The molecular weight excluding hydrogens is 200 g/mol. The molecule has 0 saturated heterocycles. The summed E-state index contributed by atoms with van der Waals surface area (Å²) in [6, 6.07) is 7.53. The van der Waals surface area contributed by atoms with Crippen LogP contribution in [0.5, 0.6) is 0 Å². The van der Waals surface area contributed by atoms with Gasteiger partial charge in [0.15, 0.2) is 5.78 Å². The lowest BCUT2D eigenvalue weighted by molar-refractivity contribution is 0.104. The third-order valence-corrected chi connectivity index (χ3v) is 2.32. The first-order valence-electron chi connectivity index (χ1n) is 5.05. The third-order valence-electron chi connectivity index (χ3n) is 2.32. The first-order valence-corrected chi connectivity index (χ1v) is 5.05. The van der Waals surface area contributed by atoms with Gasteiger partial charge in [0.2, 0.25) is 0 Å². The number of ketones is 1. The molecule has 0 amide bonds. The molecule has 2 aromatic rings. The molecule has 1 aromatic carbocycles. The SMILES string of the molecule is Cc1ccccc1C(=O)C=Cc1ncc[nH]1. The quantitative estimate of drug-likeness (QED) is 0.628. The van der Waals surface area contributed by atoms with Crippen LogP contribution in [0.25, 0.3) is 6.08 Å². The second kappa shape index (κ2) is 4.57. The maximum absolute atomic E-state index is 11.8. The Morgan fingerprint density at radius 3 is 2.88 bits per heavy atom. The third kappa shape index (κ3) is 2.25. The number of allylic oxidation sites excluding steroid dienone is 1. The van der Waals surface area contributed by atoms with Crippen molar-refractivity contribution in [2.75, 3.05) is 0 Å². The minimum absolute atomic E-state index is 0.00509. The van der Waals surface area contributed by atoms with Gasteiger partial charge in [0, 0.05) is 18.0 Å². The Bertz CT molecular complexity index is 512. The van der Waals surface area contributed by atoms with Gasteiger partial charge in [-0.3, -0.25) is 4.79 Å². The number of nitrogens with zero attached hydrogens (tertiary/aromatic N) is 1. The van der Waals surface area contributed by atoms with Gasteiger partial charge in [-0.15, -0.1) is 0 Å². The molecule has 0 spiro atoms. The molecular formula is C13H12N2O. The molecule has 0 aliphatic carbocycles. The van der Waals surface area contributed by atoms with Crippen molar-refractivity contribution in [3.8, 4) is 0 Å². The van der Waals surface area contributed by atoms with E-state index in [0.29, 0.717) is 5.82 Å². The van der Waals surface area contributed by atoms with Crippen LogP contribution < -0.4 is 0 Å². The molecule has 0 aliphatic heterocycles. The Labute approximate surface area is 93.8 Å². The zero-order valence-electron chi connectivity index (χ0n) is 8.97. The maximum atomic E-state index is 11.8. The molecule has 1 aromatic heterocycles. The standard InChI is InChI=1S/C13H12N2O/c1-10-4-2-3-5-11(10)12(16)6-7-13-14-8-9-15-13/h2-9H,1H3,(H,14,15). The summed E-state index contributed by atoms with van der Waals surface area (Å²) in [5.41, 5.74) is 1.71. The summed E-state index contributed by atoms with van der Waals surface area (Å²) in [6.45, 7) is 1.92. The molecule has 0 bridgehead atoms. The summed E-state index contributed by atoms with van der Waals surface area (Å²) in [6.07, 6.45) is 6.58. The first-order chi connectivity index (χ1) is 7.77. The van der Waals surface area contributed by atoms with Gasteiger partial charge in [0.1, 0.15) is 5.82 Å². The monoisotopic (exact) mass is 212 g/mol. The van der Waals surface area contributed by atoms with Crippen LogP contribution in [-0.4, -0.2) is 15.8 Å². The highest BCUT2D eigenvalue weighted by Gasteiger charge is 2.03. The Hall–Kier alpha value is -2.16. The van der Waals surface area contributed by atoms with E-state index in [9.17, 15) is 4.79 Å². The molecule has 0 radical (unpaired) electrons. The summed E-state index contributed by atoms with van der Waals surface area (Å²) in [5, 5.41) is 0. The molecule has 0 saturated carbocycles.